The molecule has 9 aromatic carbocycles. The molecule has 12 rings (SSSR count). The van der Waals surface area contributed by atoms with Crippen LogP contribution in [0.25, 0.3) is 99.2 Å². The third kappa shape index (κ3) is 5.16. The van der Waals surface area contributed by atoms with Crippen molar-refractivity contribution in [3.63, 3.8) is 0 Å². The minimum absolute atomic E-state index is 0.853. The maximum atomic E-state index is 6.59. The lowest BCUT2D eigenvalue weighted by Gasteiger charge is -2.26. The molecule has 0 aliphatic rings. The Kier molecular flexibility index (Phi) is 7.20. The molecule has 12 aromatic rings. The van der Waals surface area contributed by atoms with E-state index in [2.05, 4.69) is 181 Å². The summed E-state index contributed by atoms with van der Waals surface area (Å²) in [4.78, 5) is 2.32. The third-order valence-corrected chi connectivity index (χ3v) is 11.5. The lowest BCUT2D eigenvalue weighted by molar-refractivity contribution is 0.669. The summed E-state index contributed by atoms with van der Waals surface area (Å²) in [5.74, 6) is 0. The van der Waals surface area contributed by atoms with Gasteiger partial charge in [0.2, 0.25) is 0 Å². The molecule has 0 N–H and O–H groups in total. The molecule has 0 fully saturated rings. The van der Waals surface area contributed by atoms with Crippen LogP contribution in [0.5, 0.6) is 0 Å². The second kappa shape index (κ2) is 12.9. The predicted octanol–water partition coefficient (Wildman–Crippen LogP) is 15.9. The van der Waals surface area contributed by atoms with Crippen molar-refractivity contribution >= 4 is 82.9 Å². The van der Waals surface area contributed by atoms with Gasteiger partial charge in [-0.3, -0.25) is 0 Å². The first-order chi connectivity index (χ1) is 28.7. The monoisotopic (exact) mass is 743 g/mol. The number of anilines is 3. The molecule has 0 saturated heterocycles. The molecule has 0 aliphatic heterocycles. The molecule has 0 aliphatic carbocycles. The van der Waals surface area contributed by atoms with E-state index in [1.165, 1.54) is 0 Å². The molecule has 272 valence electrons. The van der Waals surface area contributed by atoms with Crippen LogP contribution in [-0.2, 0) is 0 Å². The third-order valence-electron chi connectivity index (χ3n) is 11.5. The van der Waals surface area contributed by atoms with Gasteiger partial charge in [-0.1, -0.05) is 133 Å². The zero-order chi connectivity index (χ0) is 38.2. The van der Waals surface area contributed by atoms with Gasteiger partial charge in [0.25, 0.3) is 0 Å². The van der Waals surface area contributed by atoms with E-state index in [9.17, 15) is 0 Å². The highest BCUT2D eigenvalue weighted by molar-refractivity contribution is 6.12. The number of benzene rings is 9. The Morgan fingerprint density at radius 3 is 1.33 bits per heavy atom. The van der Waals surface area contributed by atoms with E-state index in [0.717, 1.165) is 116 Å². The lowest BCUT2D eigenvalue weighted by atomic mass is 10.00. The summed E-state index contributed by atoms with van der Waals surface area (Å²) in [5.41, 5.74) is 15.1. The molecule has 0 unspecified atom stereocenters. The average molecular weight is 744 g/mol. The fourth-order valence-corrected chi connectivity index (χ4v) is 8.70. The molecule has 0 bridgehead atoms. The highest BCUT2D eigenvalue weighted by atomic mass is 16.3. The fourth-order valence-electron chi connectivity index (χ4n) is 8.70. The van der Waals surface area contributed by atoms with Crippen molar-refractivity contribution in [3.05, 3.63) is 200 Å². The zero-order valence-electron chi connectivity index (χ0n) is 31.2. The van der Waals surface area contributed by atoms with Crippen LogP contribution in [0.4, 0.5) is 17.1 Å². The molecule has 0 radical (unpaired) electrons. The van der Waals surface area contributed by atoms with Gasteiger partial charge in [-0.2, -0.15) is 0 Å². The molecule has 0 saturated carbocycles. The van der Waals surface area contributed by atoms with Crippen LogP contribution < -0.4 is 4.90 Å². The number of para-hydroxylation sites is 3. The maximum absolute atomic E-state index is 6.59. The maximum Gasteiger partial charge on any atom is 0.143 e. The van der Waals surface area contributed by atoms with Crippen molar-refractivity contribution in [1.82, 2.24) is 0 Å². The highest BCUT2D eigenvalue weighted by Crippen LogP contribution is 2.43. The second-order valence-corrected chi connectivity index (χ2v) is 14.9. The number of rotatable bonds is 6. The van der Waals surface area contributed by atoms with Crippen LogP contribution in [0.3, 0.4) is 0 Å². The van der Waals surface area contributed by atoms with Crippen molar-refractivity contribution in [3.8, 4) is 33.4 Å². The summed E-state index contributed by atoms with van der Waals surface area (Å²) in [6.07, 6.45) is 0. The van der Waals surface area contributed by atoms with E-state index in [1.807, 2.05) is 24.3 Å². The van der Waals surface area contributed by atoms with E-state index in [-0.39, 0.29) is 0 Å². The fraction of sp³-hybridized carbons (Fsp3) is 0. The number of nitrogens with zero attached hydrogens (tertiary/aromatic N) is 1. The van der Waals surface area contributed by atoms with E-state index in [4.69, 9.17) is 13.3 Å². The number of hydrogen-bond donors (Lipinski definition) is 0. The summed E-state index contributed by atoms with van der Waals surface area (Å²) >= 11 is 0. The van der Waals surface area contributed by atoms with Gasteiger partial charge in [0.1, 0.15) is 33.5 Å². The van der Waals surface area contributed by atoms with E-state index in [1.54, 1.807) is 0 Å². The smallest absolute Gasteiger partial charge is 0.143 e. The average Bonchev–Trinajstić information content (AvgIpc) is 3.98. The molecule has 58 heavy (non-hydrogen) atoms. The van der Waals surface area contributed by atoms with Crippen LogP contribution in [-0.4, -0.2) is 0 Å². The van der Waals surface area contributed by atoms with Gasteiger partial charge in [-0.25, -0.2) is 0 Å². The van der Waals surface area contributed by atoms with E-state index < -0.39 is 0 Å². The zero-order valence-corrected chi connectivity index (χ0v) is 31.2. The van der Waals surface area contributed by atoms with Crippen LogP contribution in [0, 0.1) is 0 Å². The Morgan fingerprint density at radius 1 is 0.259 bits per heavy atom. The first kappa shape index (κ1) is 32.4. The Balaban J connectivity index is 0.988. The van der Waals surface area contributed by atoms with Gasteiger partial charge in [0, 0.05) is 60.5 Å². The Bertz CT molecular complexity index is 3500. The number of furan rings is 3. The van der Waals surface area contributed by atoms with Crippen molar-refractivity contribution < 1.29 is 13.3 Å². The number of hydrogen-bond acceptors (Lipinski definition) is 4. The molecule has 0 spiro atoms. The van der Waals surface area contributed by atoms with Gasteiger partial charge >= 0.3 is 0 Å². The molecule has 4 nitrogen and oxygen atoms in total. The normalized spacial score (nSPS) is 11.8. The first-order valence-corrected chi connectivity index (χ1v) is 19.6. The minimum atomic E-state index is 0.853. The van der Waals surface area contributed by atoms with E-state index in [0.29, 0.717) is 0 Å². The predicted molar refractivity (Wildman–Crippen MR) is 239 cm³/mol. The summed E-state index contributed by atoms with van der Waals surface area (Å²) < 4.78 is 19.3. The molecule has 4 heteroatoms. The summed E-state index contributed by atoms with van der Waals surface area (Å²) in [5, 5.41) is 6.54. The second-order valence-electron chi connectivity index (χ2n) is 14.9. The Labute approximate surface area is 333 Å². The van der Waals surface area contributed by atoms with Crippen LogP contribution in [0.2, 0.25) is 0 Å². The SMILES string of the molecule is c1ccc(-c2cccc3c2oc2ccc(-c4ccc(N(c5ccc6oc7ccccc7c6c5)c5ccc6oc7c(-c8ccccc8)cccc7c6c5)cc4)cc23)cc1. The first-order valence-electron chi connectivity index (χ1n) is 19.6. The van der Waals surface area contributed by atoms with Gasteiger partial charge in [0.05, 0.1) is 0 Å². The largest absolute Gasteiger partial charge is 0.456 e. The summed E-state index contributed by atoms with van der Waals surface area (Å²) in [7, 11) is 0. The summed E-state index contributed by atoms with van der Waals surface area (Å²) in [6, 6.07) is 70.2. The standard InChI is InChI=1S/C54H33NO3/c1-3-11-35(12-4-1)41-16-9-18-44-46-31-37(23-28-51(46)57-53(41)44)34-21-24-38(25-22-34)55(39-26-29-50-47(32-39)43-15-7-8-20-49(43)56-50)40-27-30-52-48(33-40)45-19-10-17-42(54(45)58-52)36-13-5-2-6-14-36/h1-33H. The van der Waals surface area contributed by atoms with Crippen molar-refractivity contribution in [1.29, 1.82) is 0 Å². The molecular weight excluding hydrogens is 711 g/mol. The van der Waals surface area contributed by atoms with E-state index >= 15 is 0 Å². The van der Waals surface area contributed by atoms with Gasteiger partial charge in [0.15, 0.2) is 0 Å². The number of fused-ring (bicyclic) bond motifs is 9. The minimum Gasteiger partial charge on any atom is -0.456 e. The highest BCUT2D eigenvalue weighted by Gasteiger charge is 2.20. The summed E-state index contributed by atoms with van der Waals surface area (Å²) in [6.45, 7) is 0. The molecule has 3 aromatic heterocycles. The molecule has 0 amide bonds. The topological polar surface area (TPSA) is 42.7 Å². The quantitative estimate of drug-likeness (QED) is 0.170. The molecule has 0 atom stereocenters. The van der Waals surface area contributed by atoms with Crippen LogP contribution in [0.1, 0.15) is 0 Å². The Morgan fingerprint density at radius 2 is 0.707 bits per heavy atom. The molecule has 3 heterocycles. The van der Waals surface area contributed by atoms with Crippen molar-refractivity contribution in [2.45, 2.75) is 0 Å². The molecular formula is C54H33NO3. The van der Waals surface area contributed by atoms with Crippen LogP contribution >= 0.6 is 0 Å². The van der Waals surface area contributed by atoms with Gasteiger partial charge in [-0.15, -0.1) is 0 Å². The Hall–Kier alpha value is -7.82. The lowest BCUT2D eigenvalue weighted by Crippen LogP contribution is -2.09. The van der Waals surface area contributed by atoms with Gasteiger partial charge < -0.3 is 18.2 Å². The van der Waals surface area contributed by atoms with Gasteiger partial charge in [-0.05, 0) is 89.0 Å². The van der Waals surface area contributed by atoms with Crippen LogP contribution in [0.15, 0.2) is 213 Å². The van der Waals surface area contributed by atoms with Crippen molar-refractivity contribution in [2.75, 3.05) is 4.90 Å². The van der Waals surface area contributed by atoms with Crippen molar-refractivity contribution in [2.24, 2.45) is 0 Å².